The minimum absolute atomic E-state index is 0.0641. The van der Waals surface area contributed by atoms with Crippen LogP contribution >= 0.6 is 34.8 Å². The third-order valence-electron chi connectivity index (χ3n) is 2.08. The Morgan fingerprint density at radius 3 is 2.05 bits per heavy atom. The molecule has 0 aliphatic carbocycles. The van der Waals surface area contributed by atoms with E-state index in [0.29, 0.717) is 0 Å². The van der Waals surface area contributed by atoms with Crippen molar-refractivity contribution in [1.29, 1.82) is 0 Å². The van der Waals surface area contributed by atoms with Gasteiger partial charge >= 0.3 is 6.18 Å². The fourth-order valence-corrected chi connectivity index (χ4v) is 3.74. The zero-order valence-electron chi connectivity index (χ0n) is 9.38. The summed E-state index contributed by atoms with van der Waals surface area (Å²) in [6, 6.07) is 2.15. The van der Waals surface area contributed by atoms with E-state index < -0.39 is 33.7 Å². The van der Waals surface area contributed by atoms with E-state index in [2.05, 4.69) is 0 Å². The fraction of sp³-hybridized carbons (Fsp3) is 0.333. The van der Waals surface area contributed by atoms with Crippen LogP contribution in [0.1, 0.15) is 0 Å². The van der Waals surface area contributed by atoms with Gasteiger partial charge in [-0.1, -0.05) is 34.8 Å². The number of benzene rings is 1. The Labute approximate surface area is 127 Å². The number of hydrogen-bond acceptors (Lipinski definition) is 3. The molecule has 2 N–H and O–H groups in total. The Morgan fingerprint density at radius 2 is 1.65 bits per heavy atom. The molecular formula is C9H7Cl3F3NO3S. The Hall–Kier alpha value is -0.250. The third-order valence-corrected chi connectivity index (χ3v) is 4.64. The van der Waals surface area contributed by atoms with Gasteiger partial charge < -0.3 is 5.11 Å². The zero-order chi connectivity index (χ0) is 15.7. The molecule has 0 spiro atoms. The van der Waals surface area contributed by atoms with Gasteiger partial charge in [0, 0.05) is 11.6 Å². The Kier molecular flexibility index (Phi) is 5.56. The van der Waals surface area contributed by atoms with Crippen molar-refractivity contribution in [2.45, 2.75) is 17.2 Å². The lowest BCUT2D eigenvalue weighted by Crippen LogP contribution is -2.40. The van der Waals surface area contributed by atoms with Crippen LogP contribution in [0.2, 0.25) is 15.1 Å². The van der Waals surface area contributed by atoms with Crippen LogP contribution in [0.15, 0.2) is 17.0 Å². The van der Waals surface area contributed by atoms with E-state index in [1.807, 2.05) is 0 Å². The molecule has 1 atom stereocenters. The molecule has 0 saturated carbocycles. The van der Waals surface area contributed by atoms with Gasteiger partial charge in [-0.15, -0.1) is 0 Å². The standard InChI is InChI=1S/C9H7Cl3F3NO3S/c10-4-1-5(11)8(6(12)2-4)20(18,19)16-3-7(17)9(13,14)15/h1-2,7,16-17H,3H2. The van der Waals surface area contributed by atoms with Gasteiger partial charge in [-0.2, -0.15) is 13.2 Å². The summed E-state index contributed by atoms with van der Waals surface area (Å²) in [4.78, 5) is -0.611. The van der Waals surface area contributed by atoms with E-state index >= 15 is 0 Å². The monoisotopic (exact) mass is 371 g/mol. The second kappa shape index (κ2) is 6.25. The summed E-state index contributed by atoms with van der Waals surface area (Å²) >= 11 is 16.9. The van der Waals surface area contributed by atoms with Gasteiger partial charge in [0.25, 0.3) is 0 Å². The molecule has 1 rings (SSSR count). The maximum atomic E-state index is 12.1. The van der Waals surface area contributed by atoms with Gasteiger partial charge in [-0.3, -0.25) is 0 Å². The quantitative estimate of drug-likeness (QED) is 0.854. The first-order valence-electron chi connectivity index (χ1n) is 4.84. The molecule has 0 aliphatic heterocycles. The first-order chi connectivity index (χ1) is 8.95. The summed E-state index contributed by atoms with van der Waals surface area (Å²) in [5.74, 6) is 0. The molecule has 4 nitrogen and oxygen atoms in total. The zero-order valence-corrected chi connectivity index (χ0v) is 12.5. The molecule has 0 heterocycles. The van der Waals surface area contributed by atoms with Gasteiger partial charge in [-0.25, -0.2) is 13.1 Å². The first-order valence-corrected chi connectivity index (χ1v) is 7.46. The summed E-state index contributed by atoms with van der Waals surface area (Å²) in [5.41, 5.74) is 0. The smallest absolute Gasteiger partial charge is 0.382 e. The number of hydrogen-bond donors (Lipinski definition) is 2. The number of halogens is 6. The Bertz CT molecular complexity index is 583. The molecule has 20 heavy (non-hydrogen) atoms. The highest BCUT2D eigenvalue weighted by atomic mass is 35.5. The predicted molar refractivity (Wildman–Crippen MR) is 68.7 cm³/mol. The van der Waals surface area contributed by atoms with Crippen molar-refractivity contribution in [3.63, 3.8) is 0 Å². The van der Waals surface area contributed by atoms with E-state index in [-0.39, 0.29) is 15.1 Å². The molecule has 0 aromatic heterocycles. The molecule has 11 heteroatoms. The van der Waals surface area contributed by atoms with Gasteiger partial charge in [0.1, 0.15) is 4.90 Å². The largest absolute Gasteiger partial charge is 0.415 e. The SMILES string of the molecule is O=S(=O)(NCC(O)C(F)(F)F)c1c(Cl)cc(Cl)cc1Cl. The van der Waals surface area contributed by atoms with Crippen LogP contribution in [0.4, 0.5) is 13.2 Å². The van der Waals surface area contributed by atoms with Crippen LogP contribution in [0.25, 0.3) is 0 Å². The van der Waals surface area contributed by atoms with Gasteiger partial charge in [0.05, 0.1) is 10.0 Å². The Balaban J connectivity index is 3.02. The summed E-state index contributed by atoms with van der Waals surface area (Å²) in [5, 5.41) is 8.10. The van der Waals surface area contributed by atoms with E-state index in [0.717, 1.165) is 12.1 Å². The van der Waals surface area contributed by atoms with E-state index in [1.165, 1.54) is 0 Å². The molecule has 0 amide bonds. The third kappa shape index (κ3) is 4.37. The minimum Gasteiger partial charge on any atom is -0.382 e. The second-order valence-electron chi connectivity index (χ2n) is 3.61. The van der Waals surface area contributed by atoms with Crippen LogP contribution in [0.3, 0.4) is 0 Å². The molecule has 0 radical (unpaired) electrons. The molecule has 0 fully saturated rings. The molecule has 0 aliphatic rings. The van der Waals surface area contributed by atoms with Crippen molar-refractivity contribution in [3.05, 3.63) is 27.2 Å². The van der Waals surface area contributed by atoms with Gasteiger partial charge in [-0.05, 0) is 12.1 Å². The number of aliphatic hydroxyl groups excluding tert-OH is 1. The number of sulfonamides is 1. The lowest BCUT2D eigenvalue weighted by atomic mass is 10.3. The van der Waals surface area contributed by atoms with Gasteiger partial charge in [0.15, 0.2) is 6.10 Å². The van der Waals surface area contributed by atoms with Crippen LogP contribution < -0.4 is 4.72 Å². The maximum Gasteiger partial charge on any atom is 0.415 e. The van der Waals surface area contributed by atoms with Crippen LogP contribution in [-0.2, 0) is 10.0 Å². The van der Waals surface area contributed by atoms with E-state index in [1.54, 1.807) is 4.72 Å². The van der Waals surface area contributed by atoms with Crippen molar-refractivity contribution < 1.29 is 26.7 Å². The maximum absolute atomic E-state index is 12.1. The highest BCUT2D eigenvalue weighted by Crippen LogP contribution is 2.32. The lowest BCUT2D eigenvalue weighted by Gasteiger charge is -2.16. The van der Waals surface area contributed by atoms with Crippen LogP contribution in [-0.4, -0.2) is 32.3 Å². The molecule has 114 valence electrons. The molecular weight excluding hydrogens is 366 g/mol. The van der Waals surface area contributed by atoms with Crippen LogP contribution in [0, 0.1) is 0 Å². The first kappa shape index (κ1) is 17.8. The van der Waals surface area contributed by atoms with Gasteiger partial charge in [0.2, 0.25) is 10.0 Å². The Morgan fingerprint density at radius 1 is 1.20 bits per heavy atom. The second-order valence-corrected chi connectivity index (χ2v) is 6.56. The fourth-order valence-electron chi connectivity index (χ4n) is 1.16. The predicted octanol–water partition coefficient (Wildman–Crippen LogP) is 2.85. The topological polar surface area (TPSA) is 66.4 Å². The van der Waals surface area contributed by atoms with Crippen molar-refractivity contribution in [2.24, 2.45) is 0 Å². The highest BCUT2D eigenvalue weighted by molar-refractivity contribution is 7.89. The number of alkyl halides is 3. The average Bonchev–Trinajstić information content (AvgIpc) is 2.22. The lowest BCUT2D eigenvalue weighted by molar-refractivity contribution is -0.200. The number of nitrogens with one attached hydrogen (secondary N) is 1. The molecule has 1 aromatic carbocycles. The summed E-state index contributed by atoms with van der Waals surface area (Å²) in [6.07, 6.45) is -7.79. The van der Waals surface area contributed by atoms with E-state index in [4.69, 9.17) is 39.9 Å². The normalized spacial score (nSPS) is 14.3. The number of aliphatic hydroxyl groups is 1. The van der Waals surface area contributed by atoms with Crippen molar-refractivity contribution in [1.82, 2.24) is 4.72 Å². The number of rotatable bonds is 4. The van der Waals surface area contributed by atoms with Crippen molar-refractivity contribution in [3.8, 4) is 0 Å². The molecule has 0 saturated heterocycles. The minimum atomic E-state index is -4.95. The van der Waals surface area contributed by atoms with E-state index in [9.17, 15) is 21.6 Å². The van der Waals surface area contributed by atoms with Crippen molar-refractivity contribution >= 4 is 44.8 Å². The summed E-state index contributed by atoms with van der Waals surface area (Å²) < 4.78 is 61.5. The highest BCUT2D eigenvalue weighted by Gasteiger charge is 2.39. The average molecular weight is 373 g/mol. The summed E-state index contributed by atoms with van der Waals surface area (Å²) in [7, 11) is -4.43. The molecule has 1 aromatic rings. The van der Waals surface area contributed by atoms with Crippen LogP contribution in [0.5, 0.6) is 0 Å². The molecule has 1 unspecified atom stereocenters. The molecule has 0 bridgehead atoms. The summed E-state index contributed by atoms with van der Waals surface area (Å²) in [6.45, 7) is -1.26. The van der Waals surface area contributed by atoms with Crippen molar-refractivity contribution in [2.75, 3.05) is 6.54 Å².